The van der Waals surface area contributed by atoms with Crippen LogP contribution in [0.5, 0.6) is 0 Å². The second kappa shape index (κ2) is 16.7. The Hall–Kier alpha value is -1.93. The van der Waals surface area contributed by atoms with Crippen molar-refractivity contribution in [1.82, 2.24) is 0 Å². The maximum absolute atomic E-state index is 12.8. The van der Waals surface area contributed by atoms with Crippen molar-refractivity contribution < 1.29 is 8.78 Å². The molecule has 0 aliphatic carbocycles. The fraction of sp³-hybridized carbons (Fsp3) is 0.484. The number of halogens is 3. The predicted molar refractivity (Wildman–Crippen MR) is 149 cm³/mol. The van der Waals surface area contributed by atoms with Gasteiger partial charge < -0.3 is 0 Å². The van der Waals surface area contributed by atoms with Crippen molar-refractivity contribution in [1.29, 1.82) is 0 Å². The molecule has 190 valence electrons. The summed E-state index contributed by atoms with van der Waals surface area (Å²) >= 11 is 6.18. The van der Waals surface area contributed by atoms with Crippen LogP contribution in [0, 0.1) is 18.6 Å². The Labute approximate surface area is 213 Å². The van der Waals surface area contributed by atoms with Crippen molar-refractivity contribution in [3.63, 3.8) is 0 Å². The third-order valence-electron chi connectivity index (χ3n) is 5.91. The zero-order chi connectivity index (χ0) is 26.3. The lowest BCUT2D eigenvalue weighted by atomic mass is 9.70. The molecule has 0 saturated carbocycles. The minimum Gasteiger partial charge on any atom is -0.206 e. The first-order valence-electron chi connectivity index (χ1n) is 12.5. The maximum atomic E-state index is 12.8. The van der Waals surface area contributed by atoms with Crippen LogP contribution in [0.4, 0.5) is 8.78 Å². The number of benzene rings is 2. The average Bonchev–Trinajstić information content (AvgIpc) is 2.75. The number of aryl methyl sites for hydroxylation is 1. The van der Waals surface area contributed by atoms with Gasteiger partial charge in [-0.15, -0.1) is 0 Å². The lowest BCUT2D eigenvalue weighted by Gasteiger charge is -2.35. The molecule has 0 atom stereocenters. The first-order chi connectivity index (χ1) is 16.0. The summed E-state index contributed by atoms with van der Waals surface area (Å²) in [5, 5.41) is 0.871. The molecule has 2 rings (SSSR count). The number of allylic oxidation sites excluding steroid dienone is 3. The van der Waals surface area contributed by atoms with E-state index in [1.807, 2.05) is 6.07 Å². The molecule has 0 saturated heterocycles. The molecule has 0 nitrogen and oxygen atoms in total. The van der Waals surface area contributed by atoms with Crippen LogP contribution in [-0.4, -0.2) is 0 Å². The molecule has 0 fully saturated rings. The number of hydrogen-bond acceptors (Lipinski definition) is 0. The lowest BCUT2D eigenvalue weighted by molar-refractivity contribution is 0.342. The third-order valence-corrected chi connectivity index (χ3v) is 6.14. The molecule has 0 N–H and O–H groups in total. The van der Waals surface area contributed by atoms with Crippen LogP contribution in [0.1, 0.15) is 104 Å². The van der Waals surface area contributed by atoms with E-state index in [2.05, 4.69) is 73.3 Å². The van der Waals surface area contributed by atoms with Gasteiger partial charge in [0.1, 0.15) is 11.6 Å². The third kappa shape index (κ3) is 10.6. The Balaban J connectivity index is 0.000000547. The van der Waals surface area contributed by atoms with Gasteiger partial charge in [-0.05, 0) is 99.8 Å². The molecule has 3 heteroatoms. The van der Waals surface area contributed by atoms with Gasteiger partial charge >= 0.3 is 0 Å². The Morgan fingerprint density at radius 2 is 1.47 bits per heavy atom. The molecular weight excluding hydrogens is 446 g/mol. The summed E-state index contributed by atoms with van der Waals surface area (Å²) in [4.78, 5) is 0. The summed E-state index contributed by atoms with van der Waals surface area (Å²) in [7, 11) is 0. The highest BCUT2D eigenvalue weighted by atomic mass is 35.5. The van der Waals surface area contributed by atoms with Gasteiger partial charge in [-0.3, -0.25) is 0 Å². The zero-order valence-corrected chi connectivity index (χ0v) is 23.4. The largest absolute Gasteiger partial charge is 0.206 e. The van der Waals surface area contributed by atoms with Crippen LogP contribution in [0.15, 0.2) is 54.6 Å². The van der Waals surface area contributed by atoms with E-state index in [0.29, 0.717) is 11.0 Å². The van der Waals surface area contributed by atoms with Crippen molar-refractivity contribution >= 4 is 17.2 Å². The molecule has 0 bridgehead atoms. The second-order valence-corrected chi connectivity index (χ2v) is 9.60. The lowest BCUT2D eigenvalue weighted by Crippen LogP contribution is -2.26. The van der Waals surface area contributed by atoms with E-state index in [9.17, 15) is 8.78 Å². The molecule has 2 aromatic rings. The molecule has 0 aliphatic heterocycles. The molecule has 0 unspecified atom stereocenters. The van der Waals surface area contributed by atoms with Gasteiger partial charge in [0, 0.05) is 10.6 Å². The standard InChI is InChI=1S/C16H25Cl.C9H8F2.C6H12/c1-5-10-16(7-3,11-6-2)15-12-14(17)9-8-13(15)4;1-6(2)9-7(10)4-3-5-8(9)11;1-4-5-6(2)3/h8-9,12H,5-7,10-11H2,1-4H3;3-5H,1H2,2H3;5H,4H2,1-3H3. The van der Waals surface area contributed by atoms with Gasteiger partial charge in [-0.1, -0.05) is 82.5 Å². The highest BCUT2D eigenvalue weighted by Gasteiger charge is 2.29. The highest BCUT2D eigenvalue weighted by Crippen LogP contribution is 2.40. The quantitative estimate of drug-likeness (QED) is 0.322. The normalized spacial score (nSPS) is 10.4. The van der Waals surface area contributed by atoms with Crippen molar-refractivity contribution in [2.24, 2.45) is 0 Å². The second-order valence-electron chi connectivity index (χ2n) is 9.16. The topological polar surface area (TPSA) is 0 Å². The predicted octanol–water partition coefficient (Wildman–Crippen LogP) is 11.3. The van der Waals surface area contributed by atoms with Crippen molar-refractivity contribution in [3.05, 3.63) is 88.0 Å². The van der Waals surface area contributed by atoms with Crippen LogP contribution in [0.25, 0.3) is 5.57 Å². The van der Waals surface area contributed by atoms with Gasteiger partial charge in [-0.2, -0.15) is 0 Å². The minimum absolute atomic E-state index is 0.0208. The Kier molecular flexibility index (Phi) is 15.7. The smallest absolute Gasteiger partial charge is 0.133 e. The molecule has 0 spiro atoms. The average molecular weight is 491 g/mol. The van der Waals surface area contributed by atoms with Crippen LogP contribution in [0.2, 0.25) is 5.02 Å². The highest BCUT2D eigenvalue weighted by molar-refractivity contribution is 6.30. The molecule has 0 heterocycles. The van der Waals surface area contributed by atoms with E-state index in [1.165, 1.54) is 73.4 Å². The van der Waals surface area contributed by atoms with Crippen molar-refractivity contribution in [3.8, 4) is 0 Å². The minimum atomic E-state index is -0.558. The molecule has 0 aromatic heterocycles. The van der Waals surface area contributed by atoms with E-state index in [4.69, 9.17) is 11.6 Å². The SMILES string of the molecule is C=C(C)c1c(F)cccc1F.CCC=C(C)C.CCCC(CC)(CCC)c1cc(Cl)ccc1C. The van der Waals surface area contributed by atoms with Crippen LogP contribution in [-0.2, 0) is 5.41 Å². The summed E-state index contributed by atoms with van der Waals surface area (Å²) in [6, 6.07) is 10.1. The molecule has 0 radical (unpaired) electrons. The van der Waals surface area contributed by atoms with E-state index in [1.54, 1.807) is 6.92 Å². The summed E-state index contributed by atoms with van der Waals surface area (Å²) < 4.78 is 25.6. The van der Waals surface area contributed by atoms with E-state index in [-0.39, 0.29) is 5.56 Å². The van der Waals surface area contributed by atoms with Crippen LogP contribution >= 0.6 is 11.6 Å². The van der Waals surface area contributed by atoms with Crippen molar-refractivity contribution in [2.45, 2.75) is 99.3 Å². The van der Waals surface area contributed by atoms with Gasteiger partial charge in [0.15, 0.2) is 0 Å². The molecule has 0 amide bonds. The van der Waals surface area contributed by atoms with Crippen molar-refractivity contribution in [2.75, 3.05) is 0 Å². The van der Waals surface area contributed by atoms with Gasteiger partial charge in [0.25, 0.3) is 0 Å². The number of rotatable bonds is 8. The molecular formula is C31H45ClF2. The first-order valence-corrected chi connectivity index (χ1v) is 12.9. The Morgan fingerprint density at radius 3 is 1.79 bits per heavy atom. The Bertz CT molecular complexity index is 881. The van der Waals surface area contributed by atoms with Gasteiger partial charge in [0.05, 0.1) is 0 Å². The monoisotopic (exact) mass is 490 g/mol. The fourth-order valence-electron chi connectivity index (χ4n) is 4.37. The summed E-state index contributed by atoms with van der Waals surface area (Å²) in [6.45, 7) is 20.5. The Morgan fingerprint density at radius 1 is 0.941 bits per heavy atom. The summed E-state index contributed by atoms with van der Waals surface area (Å²) in [6.07, 6.45) is 9.58. The number of hydrogen-bond donors (Lipinski definition) is 0. The first kappa shape index (κ1) is 32.1. The summed E-state index contributed by atoms with van der Waals surface area (Å²) in [5.41, 5.74) is 4.98. The van der Waals surface area contributed by atoms with Crippen LogP contribution in [0.3, 0.4) is 0 Å². The van der Waals surface area contributed by atoms with E-state index >= 15 is 0 Å². The zero-order valence-electron chi connectivity index (χ0n) is 22.6. The molecule has 2 aromatic carbocycles. The van der Waals surface area contributed by atoms with Gasteiger partial charge in [0.2, 0.25) is 0 Å². The van der Waals surface area contributed by atoms with E-state index < -0.39 is 11.6 Å². The summed E-state index contributed by atoms with van der Waals surface area (Å²) in [5.74, 6) is -1.12. The van der Waals surface area contributed by atoms with Gasteiger partial charge in [-0.25, -0.2) is 8.78 Å². The maximum Gasteiger partial charge on any atom is 0.133 e. The van der Waals surface area contributed by atoms with E-state index in [0.717, 1.165) is 5.02 Å². The van der Waals surface area contributed by atoms with Crippen LogP contribution < -0.4 is 0 Å². The molecule has 34 heavy (non-hydrogen) atoms. The fourth-order valence-corrected chi connectivity index (χ4v) is 4.55. The molecule has 0 aliphatic rings.